The van der Waals surface area contributed by atoms with Gasteiger partial charge >= 0.3 is 12.0 Å². The number of carbonyl (C=O) groups is 2. The predicted octanol–water partition coefficient (Wildman–Crippen LogP) is 2.66. The van der Waals surface area contributed by atoms with E-state index in [1.165, 1.54) is 19.2 Å². The summed E-state index contributed by atoms with van der Waals surface area (Å²) < 4.78 is 4.63. The quantitative estimate of drug-likeness (QED) is 0.830. The molecule has 0 unspecified atom stereocenters. The average molecular weight is 271 g/mol. The summed E-state index contributed by atoms with van der Waals surface area (Å²) in [5, 5.41) is 5.63. The summed E-state index contributed by atoms with van der Waals surface area (Å²) in [5.41, 5.74) is 0.563. The maximum atomic E-state index is 11.6. The van der Waals surface area contributed by atoms with Crippen LogP contribution in [0.5, 0.6) is 0 Å². The van der Waals surface area contributed by atoms with E-state index in [0.29, 0.717) is 10.7 Å². The molecule has 0 radical (unpaired) electrons. The van der Waals surface area contributed by atoms with Gasteiger partial charge in [0.2, 0.25) is 0 Å². The zero-order chi connectivity index (χ0) is 13.7. The molecule has 0 saturated carbocycles. The highest BCUT2D eigenvalue weighted by Crippen LogP contribution is 2.21. The zero-order valence-electron chi connectivity index (χ0n) is 10.4. The van der Waals surface area contributed by atoms with E-state index in [0.717, 1.165) is 0 Å². The van der Waals surface area contributed by atoms with E-state index in [4.69, 9.17) is 11.6 Å². The highest BCUT2D eigenvalue weighted by molar-refractivity contribution is 6.31. The summed E-state index contributed by atoms with van der Waals surface area (Å²) in [7, 11) is 1.27. The van der Waals surface area contributed by atoms with Gasteiger partial charge in [-0.05, 0) is 32.0 Å². The van der Waals surface area contributed by atoms with Gasteiger partial charge in [0.05, 0.1) is 18.4 Å². The largest absolute Gasteiger partial charge is 0.465 e. The minimum atomic E-state index is -0.536. The molecule has 2 N–H and O–H groups in total. The van der Waals surface area contributed by atoms with Gasteiger partial charge in [0.15, 0.2) is 0 Å². The molecule has 0 bridgehead atoms. The Labute approximate surface area is 110 Å². The minimum Gasteiger partial charge on any atom is -0.465 e. The Morgan fingerprint density at radius 3 is 2.56 bits per heavy atom. The van der Waals surface area contributed by atoms with E-state index in [9.17, 15) is 9.59 Å². The van der Waals surface area contributed by atoms with Crippen molar-refractivity contribution in [2.45, 2.75) is 19.9 Å². The fourth-order valence-corrected chi connectivity index (χ4v) is 1.50. The van der Waals surface area contributed by atoms with Crippen LogP contribution in [-0.4, -0.2) is 25.2 Å². The van der Waals surface area contributed by atoms with Crippen LogP contribution in [0.4, 0.5) is 10.5 Å². The number of methoxy groups -OCH3 is 1. The van der Waals surface area contributed by atoms with E-state index < -0.39 is 12.0 Å². The molecule has 0 aromatic heterocycles. The van der Waals surface area contributed by atoms with Crippen LogP contribution in [0.25, 0.3) is 0 Å². The summed E-state index contributed by atoms with van der Waals surface area (Å²) in [6.07, 6.45) is 0. The van der Waals surface area contributed by atoms with Crippen LogP contribution in [-0.2, 0) is 4.74 Å². The van der Waals surface area contributed by atoms with Crippen molar-refractivity contribution in [2.75, 3.05) is 12.4 Å². The smallest absolute Gasteiger partial charge is 0.339 e. The fourth-order valence-electron chi connectivity index (χ4n) is 1.33. The summed E-state index contributed by atoms with van der Waals surface area (Å²) in [4.78, 5) is 23.1. The summed E-state index contributed by atoms with van der Waals surface area (Å²) >= 11 is 5.83. The zero-order valence-corrected chi connectivity index (χ0v) is 11.2. The van der Waals surface area contributed by atoms with Gasteiger partial charge in [-0.2, -0.15) is 0 Å². The van der Waals surface area contributed by atoms with Crippen molar-refractivity contribution in [3.8, 4) is 0 Å². The van der Waals surface area contributed by atoms with Crippen molar-refractivity contribution in [3.63, 3.8) is 0 Å². The number of hydrogen-bond donors (Lipinski definition) is 2. The molecule has 6 heteroatoms. The van der Waals surface area contributed by atoms with Gasteiger partial charge in [-0.25, -0.2) is 9.59 Å². The van der Waals surface area contributed by atoms with Gasteiger partial charge in [0, 0.05) is 11.1 Å². The van der Waals surface area contributed by atoms with Gasteiger partial charge in [-0.15, -0.1) is 0 Å². The Hall–Kier alpha value is -1.75. The third kappa shape index (κ3) is 3.92. The molecule has 0 aliphatic carbocycles. The molecule has 1 aromatic rings. The highest BCUT2D eigenvalue weighted by atomic mass is 35.5. The maximum Gasteiger partial charge on any atom is 0.339 e. The third-order valence-electron chi connectivity index (χ3n) is 2.05. The highest BCUT2D eigenvalue weighted by Gasteiger charge is 2.14. The molecule has 1 aromatic carbocycles. The summed E-state index contributed by atoms with van der Waals surface area (Å²) in [6.45, 7) is 3.66. The number of amides is 2. The minimum absolute atomic E-state index is 0.00855. The Bertz CT molecular complexity index is 461. The molecule has 0 heterocycles. The van der Waals surface area contributed by atoms with Crippen LogP contribution < -0.4 is 10.6 Å². The van der Waals surface area contributed by atoms with E-state index in [-0.39, 0.29) is 11.6 Å². The number of halogens is 1. The predicted molar refractivity (Wildman–Crippen MR) is 70.1 cm³/mol. The van der Waals surface area contributed by atoms with E-state index in [1.807, 2.05) is 13.8 Å². The number of hydrogen-bond acceptors (Lipinski definition) is 3. The molecule has 0 aliphatic rings. The Balaban J connectivity index is 2.95. The number of benzene rings is 1. The van der Waals surface area contributed by atoms with Crippen LogP contribution in [0.1, 0.15) is 24.2 Å². The second-order valence-corrected chi connectivity index (χ2v) is 4.37. The van der Waals surface area contributed by atoms with Crippen LogP contribution in [0.2, 0.25) is 5.02 Å². The van der Waals surface area contributed by atoms with Crippen LogP contribution in [0.3, 0.4) is 0 Å². The first-order valence-corrected chi connectivity index (χ1v) is 5.77. The van der Waals surface area contributed by atoms with E-state index >= 15 is 0 Å². The molecular weight excluding hydrogens is 256 g/mol. The average Bonchev–Trinajstić information content (AvgIpc) is 2.27. The van der Waals surface area contributed by atoms with Gasteiger partial charge in [0.25, 0.3) is 0 Å². The van der Waals surface area contributed by atoms with Gasteiger partial charge in [-0.3, -0.25) is 0 Å². The van der Waals surface area contributed by atoms with E-state index in [2.05, 4.69) is 15.4 Å². The molecule has 2 amide bonds. The van der Waals surface area contributed by atoms with Crippen LogP contribution in [0, 0.1) is 0 Å². The lowest BCUT2D eigenvalue weighted by atomic mass is 10.2. The monoisotopic (exact) mass is 270 g/mol. The van der Waals surface area contributed by atoms with Gasteiger partial charge < -0.3 is 15.4 Å². The summed E-state index contributed by atoms with van der Waals surface area (Å²) in [6, 6.07) is 4.13. The SMILES string of the molecule is COC(=O)c1ccc(Cl)cc1NC(=O)NC(C)C. The first kappa shape index (κ1) is 14.3. The number of rotatable bonds is 3. The van der Waals surface area contributed by atoms with Crippen LogP contribution in [0.15, 0.2) is 18.2 Å². The molecule has 5 nitrogen and oxygen atoms in total. The molecule has 98 valence electrons. The fraction of sp³-hybridized carbons (Fsp3) is 0.333. The number of anilines is 1. The number of esters is 1. The molecule has 0 spiro atoms. The standard InChI is InChI=1S/C12H15ClN2O3/c1-7(2)14-12(17)15-10-6-8(13)4-5-9(10)11(16)18-3/h4-7H,1-3H3,(H2,14,15,17). The normalized spacial score (nSPS) is 10.1. The van der Waals surface area contributed by atoms with Crippen molar-refractivity contribution in [2.24, 2.45) is 0 Å². The number of nitrogens with one attached hydrogen (secondary N) is 2. The lowest BCUT2D eigenvalue weighted by molar-refractivity contribution is 0.0602. The van der Waals surface area contributed by atoms with Crippen molar-refractivity contribution in [3.05, 3.63) is 28.8 Å². The Kier molecular flexibility index (Phi) is 4.97. The van der Waals surface area contributed by atoms with Gasteiger partial charge in [0.1, 0.15) is 0 Å². The Morgan fingerprint density at radius 2 is 2.00 bits per heavy atom. The number of urea groups is 1. The molecular formula is C12H15ClN2O3. The van der Waals surface area contributed by atoms with Crippen molar-refractivity contribution >= 4 is 29.3 Å². The first-order chi connectivity index (χ1) is 8.43. The molecule has 0 atom stereocenters. The van der Waals surface area contributed by atoms with Crippen molar-refractivity contribution in [1.82, 2.24) is 5.32 Å². The summed E-state index contributed by atoms with van der Waals surface area (Å²) in [5.74, 6) is -0.536. The molecule has 1 rings (SSSR count). The molecule has 0 aliphatic heterocycles. The third-order valence-corrected chi connectivity index (χ3v) is 2.29. The number of ether oxygens (including phenoxy) is 1. The molecule has 0 saturated heterocycles. The van der Waals surface area contributed by atoms with Crippen molar-refractivity contribution < 1.29 is 14.3 Å². The Morgan fingerprint density at radius 1 is 1.33 bits per heavy atom. The lowest BCUT2D eigenvalue weighted by Crippen LogP contribution is -2.34. The maximum absolute atomic E-state index is 11.6. The topological polar surface area (TPSA) is 67.4 Å². The first-order valence-electron chi connectivity index (χ1n) is 5.39. The van der Waals surface area contributed by atoms with Crippen LogP contribution >= 0.6 is 11.6 Å². The molecule has 0 fully saturated rings. The second-order valence-electron chi connectivity index (χ2n) is 3.93. The van der Waals surface area contributed by atoms with Gasteiger partial charge in [-0.1, -0.05) is 11.6 Å². The van der Waals surface area contributed by atoms with Crippen molar-refractivity contribution in [1.29, 1.82) is 0 Å². The lowest BCUT2D eigenvalue weighted by Gasteiger charge is -2.12. The number of carbonyl (C=O) groups excluding carboxylic acids is 2. The second kappa shape index (κ2) is 6.26. The molecule has 18 heavy (non-hydrogen) atoms. The van der Waals surface area contributed by atoms with E-state index in [1.54, 1.807) is 6.07 Å².